The number of thiazole rings is 1. The molecule has 0 fully saturated rings. The Morgan fingerprint density at radius 3 is 2.61 bits per heavy atom. The van der Waals surface area contributed by atoms with Crippen LogP contribution in [-0.4, -0.2) is 31.5 Å². The molecule has 8 nitrogen and oxygen atoms in total. The van der Waals surface area contributed by atoms with Crippen molar-refractivity contribution in [2.45, 2.75) is 6.92 Å². The third kappa shape index (κ3) is 3.70. The maximum absolute atomic E-state index is 14.4. The van der Waals surface area contributed by atoms with Crippen molar-refractivity contribution in [3.8, 4) is 22.7 Å². The molecule has 10 heteroatoms. The minimum absolute atomic E-state index is 0.121. The van der Waals surface area contributed by atoms with Crippen molar-refractivity contribution < 1.29 is 9.13 Å². The van der Waals surface area contributed by atoms with Crippen LogP contribution in [-0.2, 0) is 0 Å². The number of aromatic nitrogens is 5. The van der Waals surface area contributed by atoms with Crippen LogP contribution in [0.15, 0.2) is 64.3 Å². The Hall–Kier alpha value is -4.18. The molecule has 0 unspecified atom stereocenters. The molecule has 33 heavy (non-hydrogen) atoms. The van der Waals surface area contributed by atoms with Gasteiger partial charge in [-0.2, -0.15) is 19.7 Å². The average molecular weight is 461 g/mol. The highest BCUT2D eigenvalue weighted by molar-refractivity contribution is 7.15. The highest BCUT2D eigenvalue weighted by Gasteiger charge is 2.15. The van der Waals surface area contributed by atoms with Crippen LogP contribution in [0.25, 0.3) is 28.0 Å². The Labute approximate surface area is 189 Å². The first kappa shape index (κ1) is 20.7. The second-order valence-electron chi connectivity index (χ2n) is 7.18. The molecule has 0 bridgehead atoms. The zero-order chi connectivity index (χ0) is 23.1. The van der Waals surface area contributed by atoms with Gasteiger partial charge in [0.1, 0.15) is 11.4 Å². The largest absolute Gasteiger partial charge is 0.494 e. The van der Waals surface area contributed by atoms with E-state index in [0.717, 1.165) is 21.5 Å². The van der Waals surface area contributed by atoms with Gasteiger partial charge < -0.3 is 4.74 Å². The molecule has 2 aromatic carbocycles. The molecule has 0 spiro atoms. The molecule has 0 radical (unpaired) electrons. The lowest BCUT2D eigenvalue weighted by molar-refractivity contribution is 0.386. The quantitative estimate of drug-likeness (QED) is 0.408. The van der Waals surface area contributed by atoms with E-state index >= 15 is 0 Å². The summed E-state index contributed by atoms with van der Waals surface area (Å²) in [5.74, 6) is -0.403. The molecule has 3 aromatic heterocycles. The molecule has 5 rings (SSSR count). The summed E-state index contributed by atoms with van der Waals surface area (Å²) >= 11 is 1.05. The lowest BCUT2D eigenvalue weighted by Crippen LogP contribution is -2.27. The van der Waals surface area contributed by atoms with E-state index < -0.39 is 16.9 Å². The van der Waals surface area contributed by atoms with Gasteiger partial charge in [0.15, 0.2) is 11.6 Å². The van der Waals surface area contributed by atoms with Crippen LogP contribution in [0, 0.1) is 12.7 Å². The lowest BCUT2D eigenvalue weighted by Gasteiger charge is -2.04. The molecular formula is C23H16FN5O3S. The van der Waals surface area contributed by atoms with Crippen LogP contribution in [0.2, 0.25) is 0 Å². The molecule has 0 saturated heterocycles. The maximum Gasteiger partial charge on any atom is 0.295 e. The number of nitrogens with zero attached hydrogens (tertiary/aromatic N) is 5. The van der Waals surface area contributed by atoms with Gasteiger partial charge >= 0.3 is 0 Å². The summed E-state index contributed by atoms with van der Waals surface area (Å²) in [6.07, 6.45) is 3.40. The summed E-state index contributed by atoms with van der Waals surface area (Å²) in [6.45, 7) is 1.50. The molecule has 0 aliphatic heterocycles. The number of halogens is 1. The van der Waals surface area contributed by atoms with Gasteiger partial charge in [-0.3, -0.25) is 9.59 Å². The molecule has 164 valence electrons. The minimum Gasteiger partial charge on any atom is -0.494 e. The number of ether oxygens (including phenoxy) is 1. The topological polar surface area (TPSA) is 91.4 Å². The van der Waals surface area contributed by atoms with Gasteiger partial charge in [-0.15, -0.1) is 0 Å². The molecule has 0 saturated carbocycles. The van der Waals surface area contributed by atoms with Crippen LogP contribution in [0.4, 0.5) is 4.39 Å². The van der Waals surface area contributed by atoms with Gasteiger partial charge in [-0.25, -0.2) is 9.07 Å². The van der Waals surface area contributed by atoms with Crippen LogP contribution in [0.5, 0.6) is 5.75 Å². The third-order valence-electron chi connectivity index (χ3n) is 5.02. The van der Waals surface area contributed by atoms with Crippen LogP contribution < -0.4 is 20.4 Å². The molecule has 0 atom stereocenters. The van der Waals surface area contributed by atoms with Crippen molar-refractivity contribution in [3.05, 3.63) is 97.0 Å². The molecule has 5 aromatic rings. The lowest BCUT2D eigenvalue weighted by atomic mass is 10.1. The van der Waals surface area contributed by atoms with Gasteiger partial charge in [0.2, 0.25) is 4.96 Å². The number of hydrogen-bond donors (Lipinski definition) is 0. The Bertz CT molecular complexity index is 1670. The van der Waals surface area contributed by atoms with Crippen molar-refractivity contribution in [2.75, 3.05) is 7.11 Å². The Kier molecular flexibility index (Phi) is 5.06. The second-order valence-corrected chi connectivity index (χ2v) is 8.18. The van der Waals surface area contributed by atoms with Crippen LogP contribution in [0.1, 0.15) is 11.3 Å². The van der Waals surface area contributed by atoms with Gasteiger partial charge in [0.25, 0.3) is 11.1 Å². The van der Waals surface area contributed by atoms with Crippen molar-refractivity contribution in [2.24, 2.45) is 0 Å². The number of benzene rings is 2. The SMILES string of the molecule is COc1ccc(-c2nn(-c3ccccc3)cc2/C=c2\sc3nc(=O)c(C)nn3c2=O)cc1F. The highest BCUT2D eigenvalue weighted by Crippen LogP contribution is 2.28. The van der Waals surface area contributed by atoms with Crippen LogP contribution in [0.3, 0.4) is 0 Å². The zero-order valence-corrected chi connectivity index (χ0v) is 18.3. The van der Waals surface area contributed by atoms with Crippen molar-refractivity contribution >= 4 is 22.4 Å². The molecule has 0 amide bonds. The first-order valence-corrected chi connectivity index (χ1v) is 10.7. The van der Waals surface area contributed by atoms with E-state index in [9.17, 15) is 14.0 Å². The Balaban J connectivity index is 1.75. The van der Waals surface area contributed by atoms with E-state index in [2.05, 4.69) is 15.2 Å². The monoisotopic (exact) mass is 461 g/mol. The summed E-state index contributed by atoms with van der Waals surface area (Å²) < 4.78 is 22.5. The number of fused-ring (bicyclic) bond motifs is 1. The highest BCUT2D eigenvalue weighted by atomic mass is 32.1. The van der Waals surface area contributed by atoms with Gasteiger partial charge in [0, 0.05) is 17.3 Å². The smallest absolute Gasteiger partial charge is 0.295 e. The van der Waals surface area contributed by atoms with Gasteiger partial charge in [-0.05, 0) is 43.3 Å². The first-order chi connectivity index (χ1) is 15.9. The fraction of sp³-hybridized carbons (Fsp3) is 0.0870. The number of para-hydroxylation sites is 1. The summed E-state index contributed by atoms with van der Waals surface area (Å²) in [4.78, 5) is 28.9. The summed E-state index contributed by atoms with van der Waals surface area (Å²) in [5.41, 5.74) is 1.65. The van der Waals surface area contributed by atoms with E-state index in [1.54, 1.807) is 23.0 Å². The molecule has 0 N–H and O–H groups in total. The summed E-state index contributed by atoms with van der Waals surface area (Å²) in [5, 5.41) is 8.68. The van der Waals surface area contributed by atoms with E-state index in [-0.39, 0.29) is 16.4 Å². The summed E-state index contributed by atoms with van der Waals surface area (Å²) in [7, 11) is 1.40. The normalized spacial score (nSPS) is 11.9. The predicted octanol–water partition coefficient (Wildman–Crippen LogP) is 2.37. The number of aryl methyl sites for hydroxylation is 1. The summed E-state index contributed by atoms with van der Waals surface area (Å²) in [6, 6.07) is 14.0. The number of hydrogen-bond acceptors (Lipinski definition) is 7. The fourth-order valence-corrected chi connectivity index (χ4v) is 4.27. The minimum atomic E-state index is -0.524. The zero-order valence-electron chi connectivity index (χ0n) is 17.5. The standard InChI is InChI=1S/C23H16FN5O3S/c1-13-21(30)25-23-29(26-13)22(31)19(33-23)11-15-12-28(16-6-4-3-5-7-16)27-20(15)14-8-9-18(32-2)17(24)10-14/h3-12H,1-2H3/b19-11-. The maximum atomic E-state index is 14.4. The van der Waals surface area contributed by atoms with E-state index in [0.29, 0.717) is 21.4 Å². The molecule has 0 aliphatic carbocycles. The Morgan fingerprint density at radius 1 is 1.09 bits per heavy atom. The predicted molar refractivity (Wildman–Crippen MR) is 122 cm³/mol. The number of rotatable bonds is 4. The Morgan fingerprint density at radius 2 is 1.88 bits per heavy atom. The molecule has 0 aliphatic rings. The van der Waals surface area contributed by atoms with Crippen LogP contribution >= 0.6 is 11.3 Å². The molecular weight excluding hydrogens is 445 g/mol. The van der Waals surface area contributed by atoms with E-state index in [1.165, 1.54) is 26.2 Å². The fourth-order valence-electron chi connectivity index (χ4n) is 3.37. The number of methoxy groups -OCH3 is 1. The molecule has 3 heterocycles. The second kappa shape index (κ2) is 8.06. The van der Waals surface area contributed by atoms with E-state index in [1.807, 2.05) is 30.3 Å². The van der Waals surface area contributed by atoms with Crippen molar-refractivity contribution in [1.82, 2.24) is 24.4 Å². The van der Waals surface area contributed by atoms with Crippen molar-refractivity contribution in [1.29, 1.82) is 0 Å². The van der Waals surface area contributed by atoms with Gasteiger partial charge in [0.05, 0.1) is 17.3 Å². The van der Waals surface area contributed by atoms with Gasteiger partial charge in [-0.1, -0.05) is 29.5 Å². The average Bonchev–Trinajstić information content (AvgIpc) is 3.36. The first-order valence-electron chi connectivity index (χ1n) is 9.86. The van der Waals surface area contributed by atoms with Crippen molar-refractivity contribution in [3.63, 3.8) is 0 Å². The van der Waals surface area contributed by atoms with E-state index in [4.69, 9.17) is 4.74 Å². The third-order valence-corrected chi connectivity index (χ3v) is 5.98.